The van der Waals surface area contributed by atoms with Crippen molar-refractivity contribution in [3.05, 3.63) is 0 Å². The van der Waals surface area contributed by atoms with Crippen molar-refractivity contribution in [3.8, 4) is 0 Å². The van der Waals surface area contributed by atoms with E-state index in [2.05, 4.69) is 34.6 Å². The molecule has 0 aromatic heterocycles. The van der Waals surface area contributed by atoms with Crippen LogP contribution in [0, 0.1) is 0 Å². The Labute approximate surface area is 317 Å². The van der Waals surface area contributed by atoms with Crippen molar-refractivity contribution in [2.45, 2.75) is 129 Å². The van der Waals surface area contributed by atoms with Crippen LogP contribution in [0.2, 0.25) is 18.1 Å². The van der Waals surface area contributed by atoms with E-state index in [-0.39, 0.29) is 0 Å². The fourth-order valence-electron chi connectivity index (χ4n) is 4.33. The van der Waals surface area contributed by atoms with Gasteiger partial charge in [0.2, 0.25) is 0 Å². The summed E-state index contributed by atoms with van der Waals surface area (Å²) in [6.07, 6.45) is 12.6. The molecule has 312 valence electrons. The molecule has 2 saturated heterocycles. The molecule has 0 saturated carbocycles. The molecule has 2 rings (SSSR count). The van der Waals surface area contributed by atoms with Crippen molar-refractivity contribution in [2.24, 2.45) is 0 Å². The molecular weight excluding hydrogens is 713 g/mol. The highest BCUT2D eigenvalue weighted by Crippen LogP contribution is 2.19. The number of hydrogen-bond acceptors (Lipinski definition) is 13. The Hall–Kier alpha value is 0.131. The van der Waals surface area contributed by atoms with Crippen LogP contribution in [0.4, 0.5) is 0 Å². The van der Waals surface area contributed by atoms with Gasteiger partial charge in [0.05, 0.1) is 26.4 Å². The standard InChI is InChI=1S/C11H26O3Si.2C9H20O5Si.2C3H8/c1-5-6-7-8-9-10-11-15(12-2,13-3)14-4;2*1-10-15(11-2,12-3)6-4-5-13-7-9-8-14-9;2*1-3-2/h5-11H2,1-4H3;2*9H,4-8H2,1-3H3;2*3H2,1-2H3. The Kier molecular flexibility index (Phi) is 41.8. The molecule has 0 spiro atoms. The number of epoxide rings is 2. The van der Waals surface area contributed by atoms with Crippen LogP contribution < -0.4 is 0 Å². The van der Waals surface area contributed by atoms with Crippen LogP contribution in [0.5, 0.6) is 0 Å². The summed E-state index contributed by atoms with van der Waals surface area (Å²) >= 11 is 0. The summed E-state index contributed by atoms with van der Waals surface area (Å²) in [6.45, 7) is 15.2. The summed E-state index contributed by atoms with van der Waals surface area (Å²) in [5.41, 5.74) is 0. The fraction of sp³-hybridized carbons (Fsp3) is 1.00. The third-order valence-electron chi connectivity index (χ3n) is 7.59. The van der Waals surface area contributed by atoms with Crippen molar-refractivity contribution in [1.82, 2.24) is 0 Å². The number of rotatable bonds is 28. The Bertz CT molecular complexity index is 617. The molecule has 0 aliphatic carbocycles. The zero-order valence-electron chi connectivity index (χ0n) is 35.4. The number of hydrogen-bond donors (Lipinski definition) is 0. The number of unbranched alkanes of at least 4 members (excludes halogenated alkanes) is 5. The molecule has 13 nitrogen and oxygen atoms in total. The summed E-state index contributed by atoms with van der Waals surface area (Å²) in [4.78, 5) is 0. The topological polar surface area (TPSA) is 127 Å². The zero-order valence-corrected chi connectivity index (χ0v) is 38.4. The second kappa shape index (κ2) is 38.4. The van der Waals surface area contributed by atoms with Crippen molar-refractivity contribution in [3.63, 3.8) is 0 Å². The average molecular weight is 795 g/mol. The first kappa shape index (κ1) is 55.5. The van der Waals surface area contributed by atoms with E-state index in [1.807, 2.05) is 0 Å². The largest absolute Gasteiger partial charge is 0.500 e. The Morgan fingerprint density at radius 3 is 0.922 bits per heavy atom. The maximum Gasteiger partial charge on any atom is 0.500 e. The van der Waals surface area contributed by atoms with Crippen LogP contribution in [0.1, 0.15) is 98.8 Å². The van der Waals surface area contributed by atoms with E-state index in [1.54, 1.807) is 64.0 Å². The van der Waals surface area contributed by atoms with Crippen molar-refractivity contribution >= 4 is 26.4 Å². The van der Waals surface area contributed by atoms with Gasteiger partial charge >= 0.3 is 26.4 Å². The van der Waals surface area contributed by atoms with E-state index < -0.39 is 26.4 Å². The van der Waals surface area contributed by atoms with Crippen molar-refractivity contribution < 1.29 is 58.8 Å². The van der Waals surface area contributed by atoms with Gasteiger partial charge < -0.3 is 58.8 Å². The summed E-state index contributed by atoms with van der Waals surface area (Å²) in [7, 11) is 7.70. The second-order valence-corrected chi connectivity index (χ2v) is 21.4. The first-order valence-corrected chi connectivity index (χ1v) is 24.7. The van der Waals surface area contributed by atoms with E-state index in [0.717, 1.165) is 50.6 Å². The molecule has 2 unspecified atom stereocenters. The summed E-state index contributed by atoms with van der Waals surface area (Å²) < 4.78 is 68.7. The third-order valence-corrected chi connectivity index (χ3v) is 16.1. The normalized spacial score (nSPS) is 16.4. The number of ether oxygens (including phenoxy) is 4. The van der Waals surface area contributed by atoms with Gasteiger partial charge in [-0.25, -0.2) is 0 Å². The van der Waals surface area contributed by atoms with Gasteiger partial charge in [-0.1, -0.05) is 79.6 Å². The lowest BCUT2D eigenvalue weighted by Crippen LogP contribution is -2.42. The van der Waals surface area contributed by atoms with Gasteiger partial charge in [-0.05, 0) is 19.3 Å². The molecule has 2 fully saturated rings. The van der Waals surface area contributed by atoms with E-state index in [9.17, 15) is 0 Å². The first-order valence-electron chi connectivity index (χ1n) is 18.9. The molecule has 2 atom stereocenters. The predicted octanol–water partition coefficient (Wildman–Crippen LogP) is 7.40. The van der Waals surface area contributed by atoms with Gasteiger partial charge in [0.1, 0.15) is 12.2 Å². The van der Waals surface area contributed by atoms with Crippen LogP contribution in [-0.4, -0.2) is 142 Å². The van der Waals surface area contributed by atoms with Crippen LogP contribution in [-0.2, 0) is 58.8 Å². The molecule has 2 aliphatic rings. The summed E-state index contributed by atoms with van der Waals surface area (Å²) in [5.74, 6) is 0. The predicted molar refractivity (Wildman–Crippen MR) is 210 cm³/mol. The highest BCUT2D eigenvalue weighted by Gasteiger charge is 2.38. The average Bonchev–Trinajstić information content (AvgIpc) is 4.10. The van der Waals surface area contributed by atoms with Gasteiger partial charge in [0.25, 0.3) is 0 Å². The molecule has 0 bridgehead atoms. The monoisotopic (exact) mass is 795 g/mol. The van der Waals surface area contributed by atoms with Crippen LogP contribution >= 0.6 is 0 Å². The third kappa shape index (κ3) is 32.1. The minimum Gasteiger partial charge on any atom is -0.379 e. The minimum absolute atomic E-state index is 0.333. The van der Waals surface area contributed by atoms with Crippen molar-refractivity contribution in [1.29, 1.82) is 0 Å². The molecular formula is C35H82O13Si3. The Balaban J connectivity index is -0.000000627. The van der Waals surface area contributed by atoms with Crippen LogP contribution in [0.25, 0.3) is 0 Å². The van der Waals surface area contributed by atoms with Gasteiger partial charge in [-0.15, -0.1) is 0 Å². The smallest absolute Gasteiger partial charge is 0.379 e. The lowest BCUT2D eigenvalue weighted by atomic mass is 10.1. The SMILES string of the molecule is CCC.CCC.CCCCCCCC[Si](OC)(OC)OC.CO[Si](CCCOCC1CO1)(OC)OC.CO[Si](CCCOCC1CO1)(OC)OC. The molecule has 2 aliphatic heterocycles. The van der Waals surface area contributed by atoms with E-state index in [0.29, 0.717) is 38.6 Å². The molecule has 0 aromatic rings. The first-order chi connectivity index (χ1) is 24.6. The van der Waals surface area contributed by atoms with Gasteiger partial charge in [0.15, 0.2) is 0 Å². The lowest BCUT2D eigenvalue weighted by molar-refractivity contribution is 0.0999. The second-order valence-electron chi connectivity index (χ2n) is 12.1. The molecule has 0 amide bonds. The molecule has 51 heavy (non-hydrogen) atoms. The molecule has 0 radical (unpaired) electrons. The van der Waals surface area contributed by atoms with E-state index in [1.165, 1.54) is 44.9 Å². The van der Waals surface area contributed by atoms with Gasteiger partial charge in [0, 0.05) is 95.3 Å². The molecule has 16 heteroatoms. The summed E-state index contributed by atoms with van der Waals surface area (Å²) in [5, 5.41) is 0. The lowest BCUT2D eigenvalue weighted by Gasteiger charge is -2.24. The highest BCUT2D eigenvalue weighted by molar-refractivity contribution is 6.61. The van der Waals surface area contributed by atoms with E-state index in [4.69, 9.17) is 58.8 Å². The quantitative estimate of drug-likeness (QED) is 0.0444. The fourth-order valence-corrected chi connectivity index (χ4v) is 9.50. The van der Waals surface area contributed by atoms with E-state index >= 15 is 0 Å². The molecule has 0 aromatic carbocycles. The Morgan fingerprint density at radius 2 is 0.667 bits per heavy atom. The highest BCUT2D eigenvalue weighted by atomic mass is 28.4. The van der Waals surface area contributed by atoms with Crippen molar-refractivity contribution in [2.75, 3.05) is 104 Å². The van der Waals surface area contributed by atoms with Crippen LogP contribution in [0.15, 0.2) is 0 Å². The van der Waals surface area contributed by atoms with Crippen LogP contribution in [0.3, 0.4) is 0 Å². The maximum atomic E-state index is 5.42. The zero-order chi connectivity index (χ0) is 39.3. The maximum absolute atomic E-state index is 5.42. The summed E-state index contributed by atoms with van der Waals surface area (Å²) in [6, 6.07) is 2.49. The Morgan fingerprint density at radius 1 is 0.412 bits per heavy atom. The van der Waals surface area contributed by atoms with Gasteiger partial charge in [-0.3, -0.25) is 0 Å². The molecule has 2 heterocycles. The van der Waals surface area contributed by atoms with Gasteiger partial charge in [-0.2, -0.15) is 0 Å². The molecule has 0 N–H and O–H groups in total. The minimum atomic E-state index is -2.39.